The van der Waals surface area contributed by atoms with Crippen molar-refractivity contribution in [3.8, 4) is 0 Å². The molecule has 0 saturated heterocycles. The summed E-state index contributed by atoms with van der Waals surface area (Å²) < 4.78 is 7.49. The van der Waals surface area contributed by atoms with Crippen LogP contribution in [0.2, 0.25) is 13.1 Å². The summed E-state index contributed by atoms with van der Waals surface area (Å²) in [4.78, 5) is 0. The fourth-order valence-corrected chi connectivity index (χ4v) is 32.3. The second-order valence-electron chi connectivity index (χ2n) is 11.2. The van der Waals surface area contributed by atoms with Gasteiger partial charge in [-0.2, -0.15) is 0 Å². The summed E-state index contributed by atoms with van der Waals surface area (Å²) in [5, 5.41) is 0. The van der Waals surface area contributed by atoms with E-state index >= 15 is 0 Å². The van der Waals surface area contributed by atoms with Crippen LogP contribution in [0.4, 0.5) is 0 Å². The van der Waals surface area contributed by atoms with Crippen molar-refractivity contribution >= 4 is 12.7 Å². The Labute approximate surface area is 197 Å². The van der Waals surface area contributed by atoms with Crippen LogP contribution in [0.1, 0.15) is 47.2 Å². The molecule has 0 heterocycles. The molecule has 3 aromatic rings. The molecule has 1 nitrogen and oxygen atoms in total. The van der Waals surface area contributed by atoms with Crippen LogP contribution in [0.15, 0.2) is 91.0 Å². The molecule has 0 radical (unpaired) electrons. The van der Waals surface area contributed by atoms with Crippen molar-refractivity contribution in [2.24, 2.45) is 0 Å². The van der Waals surface area contributed by atoms with Crippen molar-refractivity contribution < 1.29 is 14.8 Å². The minimum absolute atomic E-state index is 0.0589. The first-order valence-electron chi connectivity index (χ1n) is 12.0. The van der Waals surface area contributed by atoms with Crippen LogP contribution in [0.3, 0.4) is 0 Å². The third kappa shape index (κ3) is 4.39. The molecule has 0 bridgehead atoms. The van der Waals surface area contributed by atoms with Gasteiger partial charge in [0, 0.05) is 0 Å². The van der Waals surface area contributed by atoms with Crippen LogP contribution in [0.25, 0.3) is 6.08 Å². The van der Waals surface area contributed by atoms with Gasteiger partial charge in [0.2, 0.25) is 0 Å². The summed E-state index contributed by atoms with van der Waals surface area (Å²) in [6.07, 6.45) is 4.99. The Morgan fingerprint density at radius 1 is 0.750 bits per heavy atom. The Kier molecular flexibility index (Phi) is 6.53. The first-order valence-corrected chi connectivity index (χ1v) is 21.5. The molecule has 1 aliphatic carbocycles. The van der Waals surface area contributed by atoms with Crippen molar-refractivity contribution in [2.45, 2.75) is 53.1 Å². The number of hydrogen-bond donors (Lipinski definition) is 1. The van der Waals surface area contributed by atoms with Crippen LogP contribution in [0.5, 0.6) is 0 Å². The predicted octanol–water partition coefficient (Wildman–Crippen LogP) is 7.13. The van der Waals surface area contributed by atoms with E-state index in [0.29, 0.717) is 4.22 Å². The molecule has 1 unspecified atom stereocenters. The Hall–Kier alpha value is -1.71. The Balaban J connectivity index is 2.02. The van der Waals surface area contributed by atoms with Crippen molar-refractivity contribution in [2.75, 3.05) is 0 Å². The molecule has 3 heteroatoms. The molecule has 0 aromatic heterocycles. The van der Waals surface area contributed by atoms with Gasteiger partial charge in [-0.3, -0.25) is 0 Å². The van der Waals surface area contributed by atoms with E-state index in [-0.39, 0.29) is 5.54 Å². The molecular weight excluding hydrogens is 438 g/mol. The van der Waals surface area contributed by atoms with E-state index in [9.17, 15) is 0 Å². The van der Waals surface area contributed by atoms with Gasteiger partial charge in [-0.25, -0.2) is 0 Å². The molecule has 4 rings (SSSR count). The average molecular weight is 477 g/mol. The van der Waals surface area contributed by atoms with Gasteiger partial charge in [0.25, 0.3) is 0 Å². The summed E-state index contributed by atoms with van der Waals surface area (Å²) >= 11 is -3.55. The maximum absolute atomic E-state index is 4.56. The molecule has 1 atom stereocenters. The van der Waals surface area contributed by atoms with Crippen LogP contribution >= 0.6 is 0 Å². The topological polar surface area (TPSA) is 12.0 Å². The number of nitrogens with one attached hydrogen (secondary N) is 1. The zero-order chi connectivity index (χ0) is 22.8. The normalized spacial score (nSPS) is 17.2. The molecule has 0 spiro atoms. The second kappa shape index (κ2) is 8.91. The van der Waals surface area contributed by atoms with Crippen molar-refractivity contribution in [3.05, 3.63) is 113 Å². The molecule has 1 aliphatic rings. The first kappa shape index (κ1) is 23.4. The SMILES string of the molecule is C[SiH](C)[Ti]([CH2]c1ccccc1)([CH2]c1ccccc1)([NH]C(C)(C)C)[CH]1C=Cc2ccccc21. The van der Waals surface area contributed by atoms with E-state index in [2.05, 4.69) is 135 Å². The summed E-state index contributed by atoms with van der Waals surface area (Å²) in [5.41, 5.74) is 6.02. The first-order chi connectivity index (χ1) is 15.2. The van der Waals surface area contributed by atoms with Gasteiger partial charge in [-0.1, -0.05) is 0 Å². The monoisotopic (exact) mass is 476 g/mol. The standard InChI is InChI=1S/C9H7.2C7H7.C4H10N.C2H7Si.Ti/c1-2-5-9-7-3-6-8(9)4-1;2*1-7-5-3-2-4-6-7;1-4(2,3)5;1-3-2;/h1-7H;2*2-6H,1H2;5H,1-3H3;3H,1-2H3;/q;;;-1;;+1. The van der Waals surface area contributed by atoms with Crippen LogP contribution in [-0.4, -0.2) is 12.2 Å². The van der Waals surface area contributed by atoms with Gasteiger partial charge in [-0.05, 0) is 0 Å². The van der Waals surface area contributed by atoms with Gasteiger partial charge in [0.1, 0.15) is 0 Å². The van der Waals surface area contributed by atoms with Crippen molar-refractivity contribution in [1.82, 2.24) is 3.80 Å². The number of fused-ring (bicyclic) bond motifs is 1. The average Bonchev–Trinajstić information content (AvgIpc) is 3.19. The molecule has 1 N–H and O–H groups in total. The predicted molar refractivity (Wildman–Crippen MR) is 140 cm³/mol. The van der Waals surface area contributed by atoms with Gasteiger partial charge in [0.05, 0.1) is 0 Å². The maximum atomic E-state index is 4.56. The molecule has 3 aromatic carbocycles. The van der Waals surface area contributed by atoms with Gasteiger partial charge >= 0.3 is 198 Å². The molecule has 0 saturated carbocycles. The quantitative estimate of drug-likeness (QED) is 0.358. The van der Waals surface area contributed by atoms with Crippen LogP contribution in [0, 0.1) is 0 Å². The van der Waals surface area contributed by atoms with E-state index in [1.54, 1.807) is 5.56 Å². The molecule has 167 valence electrons. The number of allylic oxidation sites excluding steroid dienone is 1. The van der Waals surface area contributed by atoms with Gasteiger partial charge in [-0.15, -0.1) is 0 Å². The third-order valence-corrected chi connectivity index (χ3v) is 37.0. The Bertz CT molecular complexity index is 1040. The van der Waals surface area contributed by atoms with E-state index in [0.717, 1.165) is 0 Å². The summed E-state index contributed by atoms with van der Waals surface area (Å²) in [6.45, 7) is 11.2. The fourth-order valence-electron chi connectivity index (χ4n) is 6.36. The van der Waals surface area contributed by atoms with Gasteiger partial charge in [0.15, 0.2) is 0 Å². The van der Waals surface area contributed by atoms with Crippen LogP contribution < -0.4 is 3.80 Å². The van der Waals surface area contributed by atoms with E-state index in [1.165, 1.54) is 26.1 Å². The summed E-state index contributed by atoms with van der Waals surface area (Å²) in [7, 11) is 0. The van der Waals surface area contributed by atoms with E-state index in [4.69, 9.17) is 0 Å². The van der Waals surface area contributed by atoms with E-state index in [1.807, 2.05) is 0 Å². The van der Waals surface area contributed by atoms with Crippen LogP contribution in [-0.2, 0) is 24.3 Å². The minimum atomic E-state index is -3.55. The zero-order valence-corrected chi connectivity index (χ0v) is 23.0. The van der Waals surface area contributed by atoms with E-state index < -0.39 is 21.5 Å². The Morgan fingerprint density at radius 3 is 1.75 bits per heavy atom. The number of benzene rings is 3. The third-order valence-electron chi connectivity index (χ3n) is 7.64. The fraction of sp³-hybridized carbons (Fsp3) is 0.310. The van der Waals surface area contributed by atoms with Crippen molar-refractivity contribution in [3.63, 3.8) is 0 Å². The number of hydrogen-bond acceptors (Lipinski definition) is 1. The molecular formula is C29H38NSiTi. The summed E-state index contributed by atoms with van der Waals surface area (Å²) in [6, 6.07) is 31.8. The summed E-state index contributed by atoms with van der Waals surface area (Å²) in [5.74, 6) is 0. The Morgan fingerprint density at radius 2 is 1.25 bits per heavy atom. The molecule has 0 fully saturated rings. The number of rotatable bonds is 7. The molecule has 0 aliphatic heterocycles. The zero-order valence-electron chi connectivity index (χ0n) is 20.3. The molecule has 32 heavy (non-hydrogen) atoms. The molecule has 0 amide bonds. The van der Waals surface area contributed by atoms with Gasteiger partial charge < -0.3 is 0 Å². The second-order valence-corrected chi connectivity index (χ2v) is 33.2. The van der Waals surface area contributed by atoms with Crippen molar-refractivity contribution in [1.29, 1.82) is 0 Å².